The lowest BCUT2D eigenvalue weighted by Crippen LogP contribution is -2.41. The molecule has 0 saturated carbocycles. The molecule has 0 aliphatic heterocycles. The monoisotopic (exact) mass is 545 g/mol. The van der Waals surface area contributed by atoms with Crippen LogP contribution in [0, 0.1) is 5.82 Å². The molecular formula is C18H16ClF4N3O8S. The molecule has 0 radical (unpaired) electrons. The van der Waals surface area contributed by atoms with Gasteiger partial charge >= 0.3 is 34.1 Å². The Balaban J connectivity index is 2.50. The zero-order valence-corrected chi connectivity index (χ0v) is 19.8. The highest BCUT2D eigenvalue weighted by Crippen LogP contribution is 2.28. The average molecular weight is 546 g/mol. The Kier molecular flexibility index (Phi) is 7.83. The van der Waals surface area contributed by atoms with E-state index in [0.29, 0.717) is 23.5 Å². The molecule has 2 rings (SSSR count). The number of ether oxygens (including phenoxy) is 1. The molecule has 2 aromatic rings. The SMILES string of the molecule is C[C@H](OC(=O)c1cc(-n2c(=O)cc(C(F)(F)F)n(C)c2=O)c(F)cc1Cl)C(=O)OS(=O)(=O)N(C)C. The highest BCUT2D eigenvalue weighted by atomic mass is 35.5. The van der Waals surface area contributed by atoms with Crippen molar-refractivity contribution in [2.24, 2.45) is 7.05 Å². The quantitative estimate of drug-likeness (QED) is 0.391. The lowest BCUT2D eigenvalue weighted by molar-refractivity contribution is -0.144. The molecule has 1 atom stereocenters. The topological polar surface area (TPSA) is 134 Å². The summed E-state index contributed by atoms with van der Waals surface area (Å²) in [5, 5.41) is -0.616. The van der Waals surface area contributed by atoms with Crippen molar-refractivity contribution >= 4 is 33.8 Å². The van der Waals surface area contributed by atoms with Crippen molar-refractivity contribution in [1.29, 1.82) is 0 Å². The molecule has 1 aromatic carbocycles. The summed E-state index contributed by atoms with van der Waals surface area (Å²) in [7, 11) is -1.65. The summed E-state index contributed by atoms with van der Waals surface area (Å²) in [5.74, 6) is -4.28. The molecule has 1 heterocycles. The number of carbonyl (C=O) groups excluding carboxylic acids is 2. The minimum atomic E-state index is -5.07. The first kappa shape index (κ1) is 28.0. The minimum Gasteiger partial charge on any atom is -0.447 e. The molecule has 35 heavy (non-hydrogen) atoms. The molecule has 0 fully saturated rings. The molecule has 0 amide bonds. The van der Waals surface area contributed by atoms with Crippen molar-refractivity contribution in [3.63, 3.8) is 0 Å². The summed E-state index contributed by atoms with van der Waals surface area (Å²) in [6, 6.07) is 1.08. The van der Waals surface area contributed by atoms with Crippen LogP contribution in [-0.2, 0) is 37.2 Å². The van der Waals surface area contributed by atoms with Crippen LogP contribution in [0.15, 0.2) is 27.8 Å². The van der Waals surface area contributed by atoms with Gasteiger partial charge in [0.1, 0.15) is 11.5 Å². The summed E-state index contributed by atoms with van der Waals surface area (Å²) in [6.07, 6.45) is -6.88. The third-order valence-corrected chi connectivity index (χ3v) is 5.94. The summed E-state index contributed by atoms with van der Waals surface area (Å²) >= 11 is 5.81. The smallest absolute Gasteiger partial charge is 0.431 e. The van der Waals surface area contributed by atoms with Crippen molar-refractivity contribution in [2.75, 3.05) is 14.1 Å². The maximum absolute atomic E-state index is 14.5. The Bertz CT molecular complexity index is 1420. The Morgan fingerprint density at radius 3 is 2.23 bits per heavy atom. The molecular weight excluding hydrogens is 530 g/mol. The van der Waals surface area contributed by atoms with Gasteiger partial charge in [-0.05, 0) is 19.1 Å². The van der Waals surface area contributed by atoms with Gasteiger partial charge < -0.3 is 8.92 Å². The number of alkyl halides is 3. The predicted octanol–water partition coefficient (Wildman–Crippen LogP) is 1.24. The maximum atomic E-state index is 14.5. The van der Waals surface area contributed by atoms with Crippen LogP contribution in [-0.4, -0.2) is 54.0 Å². The number of carbonyl (C=O) groups is 2. The normalized spacial score (nSPS) is 13.0. The van der Waals surface area contributed by atoms with Crippen molar-refractivity contribution in [3.05, 3.63) is 61.1 Å². The number of halogens is 5. The maximum Gasteiger partial charge on any atom is 0.431 e. The number of hydrogen-bond acceptors (Lipinski definition) is 8. The predicted molar refractivity (Wildman–Crippen MR) is 111 cm³/mol. The van der Waals surface area contributed by atoms with E-state index >= 15 is 0 Å². The third kappa shape index (κ3) is 5.88. The van der Waals surface area contributed by atoms with Crippen LogP contribution in [0.3, 0.4) is 0 Å². The van der Waals surface area contributed by atoms with Gasteiger partial charge in [-0.15, -0.1) is 0 Å². The van der Waals surface area contributed by atoms with Gasteiger partial charge in [0.15, 0.2) is 6.10 Å². The number of aromatic nitrogens is 2. The first-order valence-electron chi connectivity index (χ1n) is 9.15. The van der Waals surface area contributed by atoms with Gasteiger partial charge in [0, 0.05) is 27.2 Å². The fourth-order valence-corrected chi connectivity index (χ4v) is 3.22. The molecule has 11 nitrogen and oxygen atoms in total. The van der Waals surface area contributed by atoms with Crippen molar-refractivity contribution in [3.8, 4) is 5.69 Å². The Labute approximate surface area is 199 Å². The van der Waals surface area contributed by atoms with Crippen LogP contribution in [0.1, 0.15) is 23.0 Å². The lowest BCUT2D eigenvalue weighted by Gasteiger charge is -2.16. The van der Waals surface area contributed by atoms with E-state index in [2.05, 4.69) is 4.18 Å². The van der Waals surface area contributed by atoms with E-state index in [1.54, 1.807) is 0 Å². The van der Waals surface area contributed by atoms with Crippen LogP contribution in [0.25, 0.3) is 5.69 Å². The van der Waals surface area contributed by atoms with E-state index in [9.17, 15) is 45.2 Å². The standard InChI is InChI=1S/C18H16ClF4N3O8S/c1-8(15(28)34-35(31,32)24(2)3)33-16(29)9-5-12(11(20)6-10(9)19)26-14(27)7-13(18(21,22)23)25(4)17(26)30/h5-8H,1-4H3/t8-/m0/s1. The fraction of sp³-hybridized carbons (Fsp3) is 0.333. The first-order chi connectivity index (χ1) is 15.9. The van der Waals surface area contributed by atoms with Crippen LogP contribution in [0.4, 0.5) is 17.6 Å². The van der Waals surface area contributed by atoms with Crippen molar-refractivity contribution < 1.29 is 44.5 Å². The number of benzene rings is 1. The summed E-state index contributed by atoms with van der Waals surface area (Å²) < 4.78 is 86.5. The van der Waals surface area contributed by atoms with Crippen LogP contribution in [0.5, 0.6) is 0 Å². The summed E-state index contributed by atoms with van der Waals surface area (Å²) in [4.78, 5) is 49.1. The van der Waals surface area contributed by atoms with Gasteiger partial charge in [0.25, 0.3) is 5.56 Å². The molecule has 0 aliphatic carbocycles. The van der Waals surface area contributed by atoms with Crippen LogP contribution < -0.4 is 11.2 Å². The third-order valence-electron chi connectivity index (χ3n) is 4.36. The number of hydrogen-bond donors (Lipinski definition) is 0. The first-order valence-corrected chi connectivity index (χ1v) is 10.9. The van der Waals surface area contributed by atoms with E-state index in [0.717, 1.165) is 21.0 Å². The van der Waals surface area contributed by atoms with E-state index in [4.69, 9.17) is 16.3 Å². The highest BCUT2D eigenvalue weighted by Gasteiger charge is 2.35. The van der Waals surface area contributed by atoms with Gasteiger partial charge in [0.05, 0.1) is 16.3 Å². The Hall–Kier alpha value is -3.24. The molecule has 0 unspecified atom stereocenters. The Morgan fingerprint density at radius 1 is 1.14 bits per heavy atom. The molecule has 17 heteroatoms. The molecule has 192 valence electrons. The van der Waals surface area contributed by atoms with E-state index in [1.807, 2.05) is 0 Å². The Morgan fingerprint density at radius 2 is 1.71 bits per heavy atom. The van der Waals surface area contributed by atoms with Crippen LogP contribution in [0.2, 0.25) is 5.02 Å². The van der Waals surface area contributed by atoms with E-state index in [-0.39, 0.29) is 15.2 Å². The van der Waals surface area contributed by atoms with Crippen LogP contribution >= 0.6 is 11.6 Å². The summed E-state index contributed by atoms with van der Waals surface area (Å²) in [6.45, 7) is 0.944. The largest absolute Gasteiger partial charge is 0.447 e. The molecule has 0 N–H and O–H groups in total. The van der Waals surface area contributed by atoms with Gasteiger partial charge in [-0.25, -0.2) is 23.3 Å². The van der Waals surface area contributed by atoms with Gasteiger partial charge in [-0.1, -0.05) is 11.6 Å². The van der Waals surface area contributed by atoms with Crippen molar-refractivity contribution in [1.82, 2.24) is 13.4 Å². The average Bonchev–Trinajstić information content (AvgIpc) is 2.70. The fourth-order valence-electron chi connectivity index (χ4n) is 2.50. The second-order valence-corrected chi connectivity index (χ2v) is 9.18. The molecule has 0 spiro atoms. The minimum absolute atomic E-state index is 0.0268. The second-order valence-electron chi connectivity index (χ2n) is 7.02. The molecule has 1 aromatic heterocycles. The lowest BCUT2D eigenvalue weighted by atomic mass is 10.2. The van der Waals surface area contributed by atoms with E-state index < -0.39 is 73.6 Å². The van der Waals surface area contributed by atoms with Gasteiger partial charge in [0.2, 0.25) is 0 Å². The van der Waals surface area contributed by atoms with Gasteiger partial charge in [-0.2, -0.15) is 25.9 Å². The summed E-state index contributed by atoms with van der Waals surface area (Å²) in [5.41, 5.74) is -6.39. The zero-order chi connectivity index (χ0) is 27.0. The highest BCUT2D eigenvalue weighted by molar-refractivity contribution is 7.84. The zero-order valence-electron chi connectivity index (χ0n) is 18.2. The number of rotatable bonds is 6. The van der Waals surface area contributed by atoms with Crippen molar-refractivity contribution in [2.45, 2.75) is 19.2 Å². The second kappa shape index (κ2) is 9.79. The molecule has 0 bridgehead atoms. The molecule has 0 saturated heterocycles. The molecule has 0 aliphatic rings. The van der Waals surface area contributed by atoms with E-state index in [1.165, 1.54) is 0 Å². The number of nitrogens with zero attached hydrogens (tertiary/aromatic N) is 3. The number of esters is 1. The van der Waals surface area contributed by atoms with Gasteiger partial charge in [-0.3, -0.25) is 9.36 Å².